The van der Waals surface area contributed by atoms with E-state index in [4.69, 9.17) is 0 Å². The highest BCUT2D eigenvalue weighted by atomic mass is 19.4. The van der Waals surface area contributed by atoms with Crippen molar-refractivity contribution in [2.75, 3.05) is 13.7 Å². The number of aromatic nitrogens is 2. The van der Waals surface area contributed by atoms with Crippen LogP contribution in [0.5, 0.6) is 0 Å². The van der Waals surface area contributed by atoms with Crippen LogP contribution < -0.4 is 5.32 Å². The molecule has 0 saturated heterocycles. The molecule has 1 amide bonds. The molecule has 1 aliphatic rings. The number of halogens is 3. The standard InChI is InChI=1S/C17H22F3N3O3/c1-3-12(16(25)21-10-5-4-9-14(24)26-2)23-13-8-6-7-11(13)15(22-23)17(18,19)20/h4,9,12H,3,5-8,10H2,1-2H3,(H,21,25)/b9-4+. The first kappa shape index (κ1) is 20.0. The molecule has 0 aliphatic heterocycles. The van der Waals surface area contributed by atoms with Crippen LogP contribution in [0.25, 0.3) is 0 Å². The van der Waals surface area contributed by atoms with Crippen molar-refractivity contribution in [3.05, 3.63) is 29.1 Å². The van der Waals surface area contributed by atoms with Crippen LogP contribution in [0.4, 0.5) is 13.2 Å². The van der Waals surface area contributed by atoms with Gasteiger partial charge in [0.15, 0.2) is 5.69 Å². The molecular formula is C17H22F3N3O3. The van der Waals surface area contributed by atoms with E-state index in [1.807, 2.05) is 0 Å². The third-order valence-corrected chi connectivity index (χ3v) is 4.28. The van der Waals surface area contributed by atoms with Gasteiger partial charge < -0.3 is 10.1 Å². The van der Waals surface area contributed by atoms with Gasteiger partial charge in [0.25, 0.3) is 0 Å². The number of rotatable bonds is 7. The number of fused-ring (bicyclic) bond motifs is 1. The third kappa shape index (κ3) is 4.44. The van der Waals surface area contributed by atoms with Gasteiger partial charge in [-0.1, -0.05) is 13.0 Å². The summed E-state index contributed by atoms with van der Waals surface area (Å²) in [7, 11) is 1.26. The van der Waals surface area contributed by atoms with Gasteiger partial charge in [-0.3, -0.25) is 9.48 Å². The highest BCUT2D eigenvalue weighted by Gasteiger charge is 2.41. The predicted octanol–water partition coefficient (Wildman–Crippen LogP) is 2.58. The molecule has 1 heterocycles. The minimum Gasteiger partial charge on any atom is -0.466 e. The Kier molecular flexibility index (Phi) is 6.44. The van der Waals surface area contributed by atoms with Crippen molar-refractivity contribution < 1.29 is 27.5 Å². The summed E-state index contributed by atoms with van der Waals surface area (Å²) < 4.78 is 45.2. The Hall–Kier alpha value is -2.32. The average Bonchev–Trinajstić information content (AvgIpc) is 3.17. The van der Waals surface area contributed by atoms with Crippen LogP contribution in [0.3, 0.4) is 0 Å². The van der Waals surface area contributed by atoms with Crippen LogP contribution in [-0.4, -0.2) is 35.3 Å². The van der Waals surface area contributed by atoms with Gasteiger partial charge in [0.2, 0.25) is 5.91 Å². The lowest BCUT2D eigenvalue weighted by Crippen LogP contribution is -2.34. The second kappa shape index (κ2) is 8.37. The minimum absolute atomic E-state index is 0.213. The van der Waals surface area contributed by atoms with E-state index in [0.29, 0.717) is 37.8 Å². The van der Waals surface area contributed by atoms with Gasteiger partial charge in [0.1, 0.15) is 6.04 Å². The Bertz CT molecular complexity index is 695. The first-order valence-corrected chi connectivity index (χ1v) is 8.49. The molecule has 1 atom stereocenters. The number of methoxy groups -OCH3 is 1. The van der Waals surface area contributed by atoms with E-state index in [0.717, 1.165) is 0 Å². The summed E-state index contributed by atoms with van der Waals surface area (Å²) in [4.78, 5) is 23.4. The van der Waals surface area contributed by atoms with Crippen molar-refractivity contribution in [3.63, 3.8) is 0 Å². The zero-order chi connectivity index (χ0) is 19.3. The summed E-state index contributed by atoms with van der Waals surface area (Å²) in [6.45, 7) is 2.00. The Morgan fingerprint density at radius 1 is 1.38 bits per heavy atom. The number of alkyl halides is 3. The first-order valence-electron chi connectivity index (χ1n) is 8.49. The zero-order valence-electron chi connectivity index (χ0n) is 14.7. The van der Waals surface area contributed by atoms with Crippen LogP contribution in [0.2, 0.25) is 0 Å². The topological polar surface area (TPSA) is 73.2 Å². The van der Waals surface area contributed by atoms with Gasteiger partial charge in [0.05, 0.1) is 7.11 Å². The average molecular weight is 373 g/mol. The minimum atomic E-state index is -4.52. The molecule has 1 unspecified atom stereocenters. The fourth-order valence-corrected chi connectivity index (χ4v) is 3.06. The smallest absolute Gasteiger partial charge is 0.435 e. The fourth-order valence-electron chi connectivity index (χ4n) is 3.06. The molecule has 1 N–H and O–H groups in total. The molecule has 9 heteroatoms. The molecule has 0 fully saturated rings. The molecule has 0 bridgehead atoms. The highest BCUT2D eigenvalue weighted by molar-refractivity contribution is 5.82. The van der Waals surface area contributed by atoms with Gasteiger partial charge in [0, 0.05) is 23.9 Å². The molecule has 0 aromatic carbocycles. The molecule has 1 aromatic heterocycles. The van der Waals surface area contributed by atoms with Gasteiger partial charge in [-0.15, -0.1) is 0 Å². The van der Waals surface area contributed by atoms with E-state index in [-0.39, 0.29) is 18.0 Å². The number of nitrogens with one attached hydrogen (secondary N) is 1. The van der Waals surface area contributed by atoms with Crippen molar-refractivity contribution in [1.82, 2.24) is 15.1 Å². The maximum absolute atomic E-state index is 13.2. The number of nitrogens with zero attached hydrogens (tertiary/aromatic N) is 2. The predicted molar refractivity (Wildman–Crippen MR) is 87.4 cm³/mol. The van der Waals surface area contributed by atoms with Crippen LogP contribution in [0.15, 0.2) is 12.2 Å². The second-order valence-electron chi connectivity index (χ2n) is 6.00. The van der Waals surface area contributed by atoms with Gasteiger partial charge >= 0.3 is 12.1 Å². The molecule has 6 nitrogen and oxygen atoms in total. The van der Waals surface area contributed by atoms with Crippen LogP contribution in [-0.2, 0) is 33.3 Å². The number of amides is 1. The van der Waals surface area contributed by atoms with Crippen molar-refractivity contribution in [1.29, 1.82) is 0 Å². The summed E-state index contributed by atoms with van der Waals surface area (Å²) in [5, 5.41) is 6.41. The number of carbonyl (C=O) groups excluding carboxylic acids is 2. The highest BCUT2D eigenvalue weighted by Crippen LogP contribution is 2.37. The molecule has 0 saturated carbocycles. The molecule has 1 aliphatic carbocycles. The van der Waals surface area contributed by atoms with Crippen molar-refractivity contribution in [2.45, 2.75) is 51.2 Å². The summed E-state index contributed by atoms with van der Waals surface area (Å²) >= 11 is 0. The first-order chi connectivity index (χ1) is 12.3. The van der Waals surface area contributed by atoms with E-state index in [2.05, 4.69) is 15.2 Å². The molecule has 0 spiro atoms. The lowest BCUT2D eigenvalue weighted by atomic mass is 10.1. The molecule has 1 aromatic rings. The molecule has 144 valence electrons. The number of carbonyl (C=O) groups is 2. The Morgan fingerprint density at radius 2 is 2.12 bits per heavy atom. The monoisotopic (exact) mass is 373 g/mol. The Labute approximate surface area is 149 Å². The molecule has 26 heavy (non-hydrogen) atoms. The van der Waals surface area contributed by atoms with Crippen LogP contribution in [0, 0.1) is 0 Å². The largest absolute Gasteiger partial charge is 0.466 e. The lowest BCUT2D eigenvalue weighted by Gasteiger charge is -2.17. The number of hydrogen-bond acceptors (Lipinski definition) is 4. The van der Waals surface area contributed by atoms with E-state index in [1.165, 1.54) is 17.9 Å². The Morgan fingerprint density at radius 3 is 2.73 bits per heavy atom. The van der Waals surface area contributed by atoms with Gasteiger partial charge in [-0.05, 0) is 32.1 Å². The molecule has 2 rings (SSSR count). The Balaban J connectivity index is 2.08. The molecular weight excluding hydrogens is 351 g/mol. The number of ether oxygens (including phenoxy) is 1. The summed E-state index contributed by atoms with van der Waals surface area (Å²) in [5.41, 5.74) is -0.160. The van der Waals surface area contributed by atoms with Crippen molar-refractivity contribution in [2.24, 2.45) is 0 Å². The normalized spacial score (nSPS) is 15.1. The molecule has 0 radical (unpaired) electrons. The van der Waals surface area contributed by atoms with Crippen LogP contribution >= 0.6 is 0 Å². The van der Waals surface area contributed by atoms with Crippen LogP contribution in [0.1, 0.15) is 49.2 Å². The number of esters is 1. The third-order valence-electron chi connectivity index (χ3n) is 4.28. The van der Waals surface area contributed by atoms with E-state index < -0.39 is 23.9 Å². The fraction of sp³-hybridized carbons (Fsp3) is 0.588. The SMILES string of the molecule is CCC(C(=O)NCC/C=C/C(=O)OC)n1nc(C(F)(F)F)c2c1CCC2. The summed E-state index contributed by atoms with van der Waals surface area (Å²) in [5.74, 6) is -0.876. The van der Waals surface area contributed by atoms with Gasteiger partial charge in [-0.2, -0.15) is 18.3 Å². The van der Waals surface area contributed by atoms with Crippen molar-refractivity contribution in [3.8, 4) is 0 Å². The summed E-state index contributed by atoms with van der Waals surface area (Å²) in [6, 6.07) is -0.789. The lowest BCUT2D eigenvalue weighted by molar-refractivity contribution is -0.142. The van der Waals surface area contributed by atoms with E-state index >= 15 is 0 Å². The van der Waals surface area contributed by atoms with E-state index in [1.54, 1.807) is 13.0 Å². The quantitative estimate of drug-likeness (QED) is 0.453. The maximum atomic E-state index is 13.2. The zero-order valence-corrected chi connectivity index (χ0v) is 14.7. The van der Waals surface area contributed by atoms with Crippen molar-refractivity contribution >= 4 is 11.9 Å². The maximum Gasteiger partial charge on any atom is 0.435 e. The second-order valence-corrected chi connectivity index (χ2v) is 6.00. The van der Waals surface area contributed by atoms with E-state index in [9.17, 15) is 22.8 Å². The van der Waals surface area contributed by atoms with Gasteiger partial charge in [-0.25, -0.2) is 4.79 Å². The number of hydrogen-bond donors (Lipinski definition) is 1. The summed E-state index contributed by atoms with van der Waals surface area (Å²) in [6.07, 6.45) is 0.474.